The standard InChI is InChI=1S/C13H24N2O2/c1-13(2,3)17-12(16)15-7-9-5-11(14-4)6-10(9)8-15/h9-11,14H,5-8H2,1-4H3/t9-,10+,11+. The lowest BCUT2D eigenvalue weighted by molar-refractivity contribution is 0.0279. The first kappa shape index (κ1) is 12.7. The van der Waals surface area contributed by atoms with E-state index >= 15 is 0 Å². The molecule has 0 aromatic heterocycles. The molecular formula is C13H24N2O2. The smallest absolute Gasteiger partial charge is 0.410 e. The molecule has 1 aliphatic carbocycles. The maximum atomic E-state index is 11.9. The lowest BCUT2D eigenvalue weighted by Crippen LogP contribution is -2.36. The van der Waals surface area contributed by atoms with E-state index in [1.807, 2.05) is 32.7 Å². The highest BCUT2D eigenvalue weighted by Gasteiger charge is 2.42. The van der Waals surface area contributed by atoms with Crippen LogP contribution in [-0.4, -0.2) is 42.8 Å². The Labute approximate surface area is 104 Å². The minimum Gasteiger partial charge on any atom is -0.444 e. The highest BCUT2D eigenvalue weighted by molar-refractivity contribution is 5.68. The van der Waals surface area contributed by atoms with Crippen molar-refractivity contribution in [1.82, 2.24) is 10.2 Å². The molecule has 1 amide bonds. The summed E-state index contributed by atoms with van der Waals surface area (Å²) in [7, 11) is 2.03. The Balaban J connectivity index is 1.86. The number of carbonyl (C=O) groups is 1. The Bertz CT molecular complexity index is 284. The van der Waals surface area contributed by atoms with Gasteiger partial charge in [-0.25, -0.2) is 4.79 Å². The second kappa shape index (κ2) is 4.48. The van der Waals surface area contributed by atoms with Crippen LogP contribution in [0.15, 0.2) is 0 Å². The maximum Gasteiger partial charge on any atom is 0.410 e. The minimum absolute atomic E-state index is 0.145. The number of fused-ring (bicyclic) bond motifs is 1. The van der Waals surface area contributed by atoms with Crippen molar-refractivity contribution in [3.05, 3.63) is 0 Å². The third-order valence-electron chi connectivity index (χ3n) is 3.81. The second-order valence-corrected chi connectivity index (χ2v) is 6.36. The van der Waals surface area contributed by atoms with Gasteiger partial charge in [0.15, 0.2) is 0 Å². The van der Waals surface area contributed by atoms with Gasteiger partial charge in [-0.15, -0.1) is 0 Å². The molecule has 0 unspecified atom stereocenters. The van der Waals surface area contributed by atoms with E-state index in [0.717, 1.165) is 13.1 Å². The van der Waals surface area contributed by atoms with Gasteiger partial charge in [0.25, 0.3) is 0 Å². The Morgan fingerprint density at radius 3 is 2.18 bits per heavy atom. The highest BCUT2D eigenvalue weighted by Crippen LogP contribution is 2.38. The van der Waals surface area contributed by atoms with Crippen molar-refractivity contribution in [1.29, 1.82) is 0 Å². The largest absolute Gasteiger partial charge is 0.444 e. The fourth-order valence-electron chi connectivity index (χ4n) is 3.01. The summed E-state index contributed by atoms with van der Waals surface area (Å²) in [6.07, 6.45) is 2.24. The molecule has 2 fully saturated rings. The molecule has 98 valence electrons. The Hall–Kier alpha value is -0.770. The summed E-state index contributed by atoms with van der Waals surface area (Å²) in [5.74, 6) is 1.33. The van der Waals surface area contributed by atoms with E-state index in [2.05, 4.69) is 5.32 Å². The number of hydrogen-bond acceptors (Lipinski definition) is 3. The van der Waals surface area contributed by atoms with E-state index in [0.29, 0.717) is 17.9 Å². The molecule has 4 nitrogen and oxygen atoms in total. The van der Waals surface area contributed by atoms with E-state index < -0.39 is 0 Å². The van der Waals surface area contributed by atoms with E-state index in [-0.39, 0.29) is 11.7 Å². The number of amides is 1. The third-order valence-corrected chi connectivity index (χ3v) is 3.81. The van der Waals surface area contributed by atoms with Crippen LogP contribution in [0.1, 0.15) is 33.6 Å². The molecule has 2 rings (SSSR count). The van der Waals surface area contributed by atoms with Crippen LogP contribution in [0.4, 0.5) is 4.79 Å². The molecule has 2 aliphatic rings. The van der Waals surface area contributed by atoms with Gasteiger partial charge in [0.2, 0.25) is 0 Å². The van der Waals surface area contributed by atoms with Crippen molar-refractivity contribution in [3.8, 4) is 0 Å². The number of carbonyl (C=O) groups excluding carboxylic acids is 1. The van der Waals surface area contributed by atoms with Gasteiger partial charge < -0.3 is 15.0 Å². The summed E-state index contributed by atoms with van der Waals surface area (Å²) in [6.45, 7) is 7.49. The van der Waals surface area contributed by atoms with Crippen LogP contribution in [0, 0.1) is 11.8 Å². The van der Waals surface area contributed by atoms with Gasteiger partial charge in [-0.05, 0) is 52.5 Å². The van der Waals surface area contributed by atoms with Crippen molar-refractivity contribution in [2.75, 3.05) is 20.1 Å². The van der Waals surface area contributed by atoms with E-state index in [1.54, 1.807) is 0 Å². The zero-order valence-electron chi connectivity index (χ0n) is 11.3. The Morgan fingerprint density at radius 1 is 1.24 bits per heavy atom. The first-order valence-corrected chi connectivity index (χ1v) is 6.54. The number of ether oxygens (including phenoxy) is 1. The normalized spacial score (nSPS) is 32.7. The van der Waals surface area contributed by atoms with Gasteiger partial charge in [-0.2, -0.15) is 0 Å². The maximum absolute atomic E-state index is 11.9. The summed E-state index contributed by atoms with van der Waals surface area (Å²) in [5.41, 5.74) is -0.387. The van der Waals surface area contributed by atoms with Crippen LogP contribution in [0.25, 0.3) is 0 Å². The van der Waals surface area contributed by atoms with Crippen LogP contribution in [0.2, 0.25) is 0 Å². The molecule has 0 spiro atoms. The minimum atomic E-state index is -0.387. The molecule has 17 heavy (non-hydrogen) atoms. The topological polar surface area (TPSA) is 41.6 Å². The van der Waals surface area contributed by atoms with Gasteiger partial charge >= 0.3 is 6.09 Å². The number of nitrogens with zero attached hydrogens (tertiary/aromatic N) is 1. The molecule has 0 bridgehead atoms. The second-order valence-electron chi connectivity index (χ2n) is 6.36. The van der Waals surface area contributed by atoms with Crippen molar-refractivity contribution in [2.45, 2.75) is 45.3 Å². The van der Waals surface area contributed by atoms with Crippen LogP contribution in [0.3, 0.4) is 0 Å². The van der Waals surface area contributed by atoms with Crippen LogP contribution in [-0.2, 0) is 4.74 Å². The molecule has 0 aromatic rings. The van der Waals surface area contributed by atoms with Crippen LogP contribution < -0.4 is 5.32 Å². The summed E-state index contributed by atoms with van der Waals surface area (Å²) >= 11 is 0. The summed E-state index contributed by atoms with van der Waals surface area (Å²) in [6, 6.07) is 0.644. The van der Waals surface area contributed by atoms with E-state index in [1.165, 1.54) is 12.8 Å². The zero-order valence-corrected chi connectivity index (χ0v) is 11.3. The number of nitrogens with one attached hydrogen (secondary N) is 1. The van der Waals surface area contributed by atoms with E-state index in [4.69, 9.17) is 4.74 Å². The number of hydrogen-bond donors (Lipinski definition) is 1. The molecular weight excluding hydrogens is 216 g/mol. The first-order chi connectivity index (χ1) is 7.89. The first-order valence-electron chi connectivity index (χ1n) is 6.54. The molecule has 1 heterocycles. The molecule has 4 heteroatoms. The molecule has 1 aliphatic heterocycles. The highest BCUT2D eigenvalue weighted by atomic mass is 16.6. The zero-order chi connectivity index (χ0) is 12.6. The fraction of sp³-hybridized carbons (Fsp3) is 0.923. The van der Waals surface area contributed by atoms with Gasteiger partial charge in [0.05, 0.1) is 0 Å². The molecule has 1 saturated carbocycles. The predicted molar refractivity (Wildman–Crippen MR) is 66.9 cm³/mol. The molecule has 0 aromatic carbocycles. The van der Waals surface area contributed by atoms with Crippen molar-refractivity contribution in [2.24, 2.45) is 11.8 Å². The Morgan fingerprint density at radius 2 is 1.76 bits per heavy atom. The van der Waals surface area contributed by atoms with Gasteiger partial charge in [0.1, 0.15) is 5.60 Å². The monoisotopic (exact) mass is 240 g/mol. The fourth-order valence-corrected chi connectivity index (χ4v) is 3.01. The molecule has 1 N–H and O–H groups in total. The average Bonchev–Trinajstić information content (AvgIpc) is 2.70. The predicted octanol–water partition coefficient (Wildman–Crippen LogP) is 1.85. The quantitative estimate of drug-likeness (QED) is 0.760. The van der Waals surface area contributed by atoms with Gasteiger partial charge in [-0.1, -0.05) is 0 Å². The third kappa shape index (κ3) is 2.92. The number of likely N-dealkylation sites (tertiary alicyclic amines) is 1. The lowest BCUT2D eigenvalue weighted by atomic mass is 10.0. The van der Waals surface area contributed by atoms with Crippen LogP contribution >= 0.6 is 0 Å². The van der Waals surface area contributed by atoms with Gasteiger partial charge in [-0.3, -0.25) is 0 Å². The summed E-state index contributed by atoms with van der Waals surface area (Å²) in [4.78, 5) is 13.8. The van der Waals surface area contributed by atoms with Crippen LogP contribution in [0.5, 0.6) is 0 Å². The van der Waals surface area contributed by atoms with Crippen molar-refractivity contribution in [3.63, 3.8) is 0 Å². The SMILES string of the molecule is CN[C@H]1C[C@@H]2CN(C(=O)OC(C)(C)C)C[C@@H]2C1. The molecule has 0 radical (unpaired) electrons. The summed E-state index contributed by atoms with van der Waals surface area (Å²) < 4.78 is 5.41. The Kier molecular flexibility index (Phi) is 3.34. The van der Waals surface area contributed by atoms with Crippen molar-refractivity contribution < 1.29 is 9.53 Å². The molecule has 1 saturated heterocycles. The summed E-state index contributed by atoms with van der Waals surface area (Å²) in [5, 5.41) is 3.34. The molecule has 3 atom stereocenters. The van der Waals surface area contributed by atoms with Crippen molar-refractivity contribution >= 4 is 6.09 Å². The average molecular weight is 240 g/mol. The lowest BCUT2D eigenvalue weighted by Gasteiger charge is -2.25. The number of rotatable bonds is 1. The van der Waals surface area contributed by atoms with Gasteiger partial charge in [0, 0.05) is 19.1 Å². The van der Waals surface area contributed by atoms with E-state index in [9.17, 15) is 4.79 Å².